The fraction of sp³-hybridized carbons (Fsp3) is 0.250. The van der Waals surface area contributed by atoms with Crippen molar-refractivity contribution in [2.45, 2.75) is 13.5 Å². The Balaban J connectivity index is 2.22. The standard InChI is InChI=1S/C12H14N4O2S/c1-8-14-6-9(19-8)7-15-11-5-3-4-10(13-2)12(11)16(17)18/h3-6,13,15H,7H2,1-2H3. The van der Waals surface area contributed by atoms with Gasteiger partial charge in [0.1, 0.15) is 11.4 Å². The normalized spacial score (nSPS) is 10.2. The van der Waals surface area contributed by atoms with E-state index >= 15 is 0 Å². The van der Waals surface area contributed by atoms with Gasteiger partial charge in [-0.25, -0.2) is 4.98 Å². The molecule has 0 aliphatic heterocycles. The number of nitro groups is 1. The van der Waals surface area contributed by atoms with E-state index in [0.717, 1.165) is 9.88 Å². The van der Waals surface area contributed by atoms with Gasteiger partial charge in [-0.2, -0.15) is 0 Å². The van der Waals surface area contributed by atoms with Gasteiger partial charge in [0.2, 0.25) is 0 Å². The van der Waals surface area contributed by atoms with Gasteiger partial charge in [-0.15, -0.1) is 11.3 Å². The van der Waals surface area contributed by atoms with Gasteiger partial charge >= 0.3 is 5.69 Å². The van der Waals surface area contributed by atoms with Gasteiger partial charge in [0.25, 0.3) is 0 Å². The number of nitro benzene ring substituents is 1. The van der Waals surface area contributed by atoms with E-state index in [4.69, 9.17) is 0 Å². The molecule has 0 aliphatic rings. The molecule has 19 heavy (non-hydrogen) atoms. The average Bonchev–Trinajstić information content (AvgIpc) is 2.81. The summed E-state index contributed by atoms with van der Waals surface area (Å²) in [5.74, 6) is 0. The Hall–Kier alpha value is -2.15. The third-order valence-electron chi connectivity index (χ3n) is 2.61. The number of nitrogens with one attached hydrogen (secondary N) is 2. The van der Waals surface area contributed by atoms with E-state index in [1.165, 1.54) is 0 Å². The molecule has 0 saturated carbocycles. The first-order valence-corrected chi connectivity index (χ1v) is 6.54. The Morgan fingerprint density at radius 3 is 2.74 bits per heavy atom. The second kappa shape index (κ2) is 5.66. The number of hydrogen-bond donors (Lipinski definition) is 2. The molecule has 1 heterocycles. The van der Waals surface area contributed by atoms with Gasteiger partial charge in [0.05, 0.1) is 16.5 Å². The summed E-state index contributed by atoms with van der Waals surface area (Å²) in [5.41, 5.74) is 1.06. The summed E-state index contributed by atoms with van der Waals surface area (Å²) in [7, 11) is 1.67. The molecule has 2 rings (SSSR count). The lowest BCUT2D eigenvalue weighted by Crippen LogP contribution is -2.04. The van der Waals surface area contributed by atoms with Crippen LogP contribution in [0.15, 0.2) is 24.4 Å². The lowest BCUT2D eigenvalue weighted by atomic mass is 10.2. The number of rotatable bonds is 5. The number of aryl methyl sites for hydroxylation is 1. The molecule has 1 aromatic carbocycles. The molecule has 0 aliphatic carbocycles. The highest BCUT2D eigenvalue weighted by atomic mass is 32.1. The van der Waals surface area contributed by atoms with Crippen LogP contribution in [0.3, 0.4) is 0 Å². The molecular weight excluding hydrogens is 264 g/mol. The minimum Gasteiger partial charge on any atom is -0.382 e. The van der Waals surface area contributed by atoms with Crippen LogP contribution in [-0.2, 0) is 6.54 Å². The highest BCUT2D eigenvalue weighted by molar-refractivity contribution is 7.11. The van der Waals surface area contributed by atoms with Crippen molar-refractivity contribution in [2.75, 3.05) is 17.7 Å². The molecule has 0 amide bonds. The zero-order chi connectivity index (χ0) is 13.8. The van der Waals surface area contributed by atoms with E-state index < -0.39 is 0 Å². The summed E-state index contributed by atoms with van der Waals surface area (Å²) in [6, 6.07) is 5.16. The predicted molar refractivity (Wildman–Crippen MR) is 76.8 cm³/mol. The molecular formula is C12H14N4O2S. The van der Waals surface area contributed by atoms with Crippen LogP contribution in [0.1, 0.15) is 9.88 Å². The van der Waals surface area contributed by atoms with Gasteiger partial charge in [-0.3, -0.25) is 10.1 Å². The van der Waals surface area contributed by atoms with Gasteiger partial charge in [-0.1, -0.05) is 6.07 Å². The molecule has 7 heteroatoms. The summed E-state index contributed by atoms with van der Waals surface area (Å²) in [6.45, 7) is 2.46. The van der Waals surface area contributed by atoms with Crippen LogP contribution in [0, 0.1) is 17.0 Å². The molecule has 100 valence electrons. The number of thiazole rings is 1. The maximum Gasteiger partial charge on any atom is 0.315 e. The van der Waals surface area contributed by atoms with E-state index in [0.29, 0.717) is 17.9 Å². The molecule has 0 saturated heterocycles. The maximum absolute atomic E-state index is 11.1. The van der Waals surface area contributed by atoms with Crippen molar-refractivity contribution in [3.63, 3.8) is 0 Å². The topological polar surface area (TPSA) is 80.1 Å². The first kappa shape index (κ1) is 13.3. The van der Waals surface area contributed by atoms with Crippen molar-refractivity contribution in [3.05, 3.63) is 44.4 Å². The van der Waals surface area contributed by atoms with Crippen molar-refractivity contribution in [1.29, 1.82) is 0 Å². The molecule has 1 aromatic heterocycles. The minimum atomic E-state index is -0.383. The van der Waals surface area contributed by atoms with E-state index in [1.54, 1.807) is 42.8 Å². The fourth-order valence-electron chi connectivity index (χ4n) is 1.75. The highest BCUT2D eigenvalue weighted by Gasteiger charge is 2.18. The summed E-state index contributed by atoms with van der Waals surface area (Å²) in [6.07, 6.45) is 1.78. The van der Waals surface area contributed by atoms with Gasteiger partial charge in [0.15, 0.2) is 0 Å². The monoisotopic (exact) mass is 278 g/mol. The lowest BCUT2D eigenvalue weighted by Gasteiger charge is -2.08. The van der Waals surface area contributed by atoms with Crippen LogP contribution in [0.5, 0.6) is 0 Å². The van der Waals surface area contributed by atoms with E-state index in [9.17, 15) is 10.1 Å². The smallest absolute Gasteiger partial charge is 0.315 e. The van der Waals surface area contributed by atoms with Crippen molar-refractivity contribution in [2.24, 2.45) is 0 Å². The molecule has 6 nitrogen and oxygen atoms in total. The Bertz CT molecular complexity index is 597. The first-order chi connectivity index (χ1) is 9.11. The van der Waals surface area contributed by atoms with Crippen LogP contribution in [0.25, 0.3) is 0 Å². The van der Waals surface area contributed by atoms with Crippen LogP contribution in [-0.4, -0.2) is 17.0 Å². The van der Waals surface area contributed by atoms with Crippen molar-refractivity contribution in [3.8, 4) is 0 Å². The van der Waals surface area contributed by atoms with Crippen LogP contribution >= 0.6 is 11.3 Å². The maximum atomic E-state index is 11.1. The Labute approximate surface area is 114 Å². The third-order valence-corrected chi connectivity index (χ3v) is 3.52. The average molecular weight is 278 g/mol. The number of hydrogen-bond acceptors (Lipinski definition) is 6. The second-order valence-corrected chi connectivity index (χ2v) is 5.23. The number of nitrogens with zero attached hydrogens (tertiary/aromatic N) is 2. The number of benzene rings is 1. The molecule has 0 radical (unpaired) electrons. The highest BCUT2D eigenvalue weighted by Crippen LogP contribution is 2.32. The van der Waals surface area contributed by atoms with Gasteiger partial charge in [0, 0.05) is 18.1 Å². The summed E-state index contributed by atoms with van der Waals surface area (Å²) in [5, 5.41) is 18.0. The van der Waals surface area contributed by atoms with Crippen LogP contribution in [0.4, 0.5) is 17.1 Å². The molecule has 0 fully saturated rings. The predicted octanol–water partition coefficient (Wildman–Crippen LogP) is 3.01. The first-order valence-electron chi connectivity index (χ1n) is 5.72. The molecule has 0 atom stereocenters. The minimum absolute atomic E-state index is 0.0613. The number of para-hydroxylation sites is 1. The van der Waals surface area contributed by atoms with Crippen molar-refractivity contribution < 1.29 is 4.92 Å². The lowest BCUT2D eigenvalue weighted by molar-refractivity contribution is -0.383. The molecule has 0 bridgehead atoms. The van der Waals surface area contributed by atoms with E-state index in [1.807, 2.05) is 6.92 Å². The summed E-state index contributed by atoms with van der Waals surface area (Å²) >= 11 is 1.57. The van der Waals surface area contributed by atoms with E-state index in [-0.39, 0.29) is 10.6 Å². The molecule has 0 unspecified atom stereocenters. The van der Waals surface area contributed by atoms with Crippen LogP contribution in [0.2, 0.25) is 0 Å². The van der Waals surface area contributed by atoms with Gasteiger partial charge in [-0.05, 0) is 19.1 Å². The Morgan fingerprint density at radius 2 is 2.16 bits per heavy atom. The molecule has 2 aromatic rings. The number of aromatic nitrogens is 1. The van der Waals surface area contributed by atoms with Crippen molar-refractivity contribution >= 4 is 28.4 Å². The fourth-order valence-corrected chi connectivity index (χ4v) is 2.49. The molecule has 0 spiro atoms. The van der Waals surface area contributed by atoms with Gasteiger partial charge < -0.3 is 10.6 Å². The third kappa shape index (κ3) is 3.00. The van der Waals surface area contributed by atoms with Crippen LogP contribution < -0.4 is 10.6 Å². The quantitative estimate of drug-likeness (QED) is 0.649. The Kier molecular flexibility index (Phi) is 3.96. The molecule has 2 N–H and O–H groups in total. The zero-order valence-corrected chi connectivity index (χ0v) is 11.5. The number of anilines is 2. The SMILES string of the molecule is CNc1cccc(NCc2cnc(C)s2)c1[N+](=O)[O-]. The van der Waals surface area contributed by atoms with E-state index in [2.05, 4.69) is 15.6 Å². The summed E-state index contributed by atoms with van der Waals surface area (Å²) < 4.78 is 0. The van der Waals surface area contributed by atoms with Crippen molar-refractivity contribution in [1.82, 2.24) is 4.98 Å². The summed E-state index contributed by atoms with van der Waals surface area (Å²) in [4.78, 5) is 15.9. The second-order valence-electron chi connectivity index (χ2n) is 3.91. The zero-order valence-electron chi connectivity index (χ0n) is 10.6. The Morgan fingerprint density at radius 1 is 1.42 bits per heavy atom. The largest absolute Gasteiger partial charge is 0.382 e.